The summed E-state index contributed by atoms with van der Waals surface area (Å²) in [5, 5.41) is 9.20. The molecule has 1 fully saturated rings. The molecule has 25 heavy (non-hydrogen) atoms. The summed E-state index contributed by atoms with van der Waals surface area (Å²) in [6.45, 7) is 0.817. The van der Waals surface area contributed by atoms with Gasteiger partial charge < -0.3 is 5.11 Å². The second-order valence-electron chi connectivity index (χ2n) is 6.06. The second kappa shape index (κ2) is 7.15. The molecule has 7 heteroatoms. The minimum atomic E-state index is -3.65. The lowest BCUT2D eigenvalue weighted by molar-refractivity contribution is 0.0697. The maximum atomic E-state index is 12.9. The van der Waals surface area contributed by atoms with Gasteiger partial charge in [0.25, 0.3) is 0 Å². The topological polar surface area (TPSA) is 74.7 Å². The number of carboxylic acid groups (broad SMARTS) is 1. The maximum absolute atomic E-state index is 12.9. The largest absolute Gasteiger partial charge is 0.478 e. The van der Waals surface area contributed by atoms with E-state index in [9.17, 15) is 13.2 Å². The number of rotatable bonds is 4. The third-order valence-electron chi connectivity index (χ3n) is 4.47. The van der Waals surface area contributed by atoms with E-state index < -0.39 is 16.0 Å². The molecule has 0 bridgehead atoms. The van der Waals surface area contributed by atoms with E-state index in [4.69, 9.17) is 16.7 Å². The zero-order valence-corrected chi connectivity index (χ0v) is 15.0. The average molecular weight is 380 g/mol. The van der Waals surface area contributed by atoms with Gasteiger partial charge >= 0.3 is 5.97 Å². The lowest BCUT2D eigenvalue weighted by atomic mass is 9.91. The predicted molar refractivity (Wildman–Crippen MR) is 95.6 cm³/mol. The number of piperidine rings is 1. The van der Waals surface area contributed by atoms with Crippen LogP contribution in [0.25, 0.3) is 0 Å². The van der Waals surface area contributed by atoms with Crippen molar-refractivity contribution in [3.8, 4) is 0 Å². The summed E-state index contributed by atoms with van der Waals surface area (Å²) in [5.74, 6) is -0.938. The van der Waals surface area contributed by atoms with Gasteiger partial charge in [0.15, 0.2) is 0 Å². The van der Waals surface area contributed by atoms with Crippen LogP contribution in [0.3, 0.4) is 0 Å². The molecular weight excluding hydrogens is 362 g/mol. The summed E-state index contributed by atoms with van der Waals surface area (Å²) in [6.07, 6.45) is 1.61. The van der Waals surface area contributed by atoms with Crippen molar-refractivity contribution in [3.63, 3.8) is 0 Å². The molecule has 5 nitrogen and oxygen atoms in total. The van der Waals surface area contributed by atoms with Crippen molar-refractivity contribution in [1.29, 1.82) is 0 Å². The van der Waals surface area contributed by atoms with Crippen LogP contribution >= 0.6 is 11.6 Å². The first-order chi connectivity index (χ1) is 11.9. The van der Waals surface area contributed by atoms with Gasteiger partial charge in [-0.1, -0.05) is 35.9 Å². The van der Waals surface area contributed by atoms with Crippen molar-refractivity contribution < 1.29 is 18.3 Å². The summed E-state index contributed by atoms with van der Waals surface area (Å²) >= 11 is 6.07. The molecule has 1 heterocycles. The average Bonchev–Trinajstić information content (AvgIpc) is 2.62. The first-order valence-electron chi connectivity index (χ1n) is 7.97. The van der Waals surface area contributed by atoms with Crippen molar-refractivity contribution in [2.75, 3.05) is 13.1 Å². The normalized spacial score (nSPS) is 18.8. The molecule has 0 radical (unpaired) electrons. The standard InChI is InChI=1S/C18H18ClNO4S/c19-16-5-1-2-6-17(16)25(23,24)20-11-3-4-15(12-20)13-7-9-14(10-8-13)18(21)22/h1-2,5-10,15H,3-4,11-12H2,(H,21,22). The molecular formula is C18H18ClNO4S. The fraction of sp³-hybridized carbons (Fsp3) is 0.278. The molecule has 2 aromatic carbocycles. The van der Waals surface area contributed by atoms with Gasteiger partial charge in [-0.25, -0.2) is 13.2 Å². The van der Waals surface area contributed by atoms with E-state index in [0.717, 1.165) is 18.4 Å². The number of benzene rings is 2. The third kappa shape index (κ3) is 3.71. The van der Waals surface area contributed by atoms with Crippen LogP contribution in [-0.4, -0.2) is 36.9 Å². The molecule has 1 unspecified atom stereocenters. The highest BCUT2D eigenvalue weighted by atomic mass is 35.5. The van der Waals surface area contributed by atoms with Gasteiger partial charge in [-0.2, -0.15) is 4.31 Å². The van der Waals surface area contributed by atoms with Crippen molar-refractivity contribution in [1.82, 2.24) is 4.31 Å². The Kier molecular flexibility index (Phi) is 5.13. The van der Waals surface area contributed by atoms with Gasteiger partial charge in [0, 0.05) is 13.1 Å². The summed E-state index contributed by atoms with van der Waals surface area (Å²) in [7, 11) is -3.65. The minimum absolute atomic E-state index is 0.0360. The fourth-order valence-corrected chi connectivity index (χ4v) is 5.14. The summed E-state index contributed by atoms with van der Waals surface area (Å²) in [5.41, 5.74) is 1.17. The quantitative estimate of drug-likeness (QED) is 0.880. The van der Waals surface area contributed by atoms with Crippen LogP contribution in [0.4, 0.5) is 0 Å². The molecule has 0 aromatic heterocycles. The summed E-state index contributed by atoms with van der Waals surface area (Å²) in [6, 6.07) is 13.1. The zero-order chi connectivity index (χ0) is 18.0. The molecule has 1 saturated heterocycles. The third-order valence-corrected chi connectivity index (χ3v) is 6.83. The predicted octanol–water partition coefficient (Wildman–Crippen LogP) is 3.61. The van der Waals surface area contributed by atoms with Gasteiger partial charge in [-0.05, 0) is 48.6 Å². The smallest absolute Gasteiger partial charge is 0.335 e. The number of sulfonamides is 1. The fourth-order valence-electron chi connectivity index (χ4n) is 3.12. The Hall–Kier alpha value is -1.89. The Morgan fingerprint density at radius 3 is 2.44 bits per heavy atom. The summed E-state index contributed by atoms with van der Waals surface area (Å²) in [4.78, 5) is 11.1. The van der Waals surface area contributed by atoms with E-state index in [1.807, 2.05) is 0 Å². The first-order valence-corrected chi connectivity index (χ1v) is 9.79. The molecule has 1 N–H and O–H groups in total. The lowest BCUT2D eigenvalue weighted by Gasteiger charge is -2.32. The molecule has 1 atom stereocenters. The highest BCUT2D eigenvalue weighted by molar-refractivity contribution is 7.89. The zero-order valence-electron chi connectivity index (χ0n) is 13.4. The van der Waals surface area contributed by atoms with Crippen LogP contribution < -0.4 is 0 Å². The molecule has 132 valence electrons. The van der Waals surface area contributed by atoms with Gasteiger partial charge in [-0.3, -0.25) is 0 Å². The first kappa shape index (κ1) is 17.9. The van der Waals surface area contributed by atoms with Crippen LogP contribution in [0.1, 0.15) is 34.7 Å². The second-order valence-corrected chi connectivity index (χ2v) is 8.37. The SMILES string of the molecule is O=C(O)c1ccc(C2CCCN(S(=O)(=O)c3ccccc3Cl)C2)cc1. The highest BCUT2D eigenvalue weighted by Crippen LogP contribution is 2.32. The number of carbonyl (C=O) groups is 1. The number of nitrogens with zero attached hydrogens (tertiary/aromatic N) is 1. The van der Waals surface area contributed by atoms with Gasteiger partial charge in [0.05, 0.1) is 10.6 Å². The summed E-state index contributed by atoms with van der Waals surface area (Å²) < 4.78 is 27.3. The van der Waals surface area contributed by atoms with E-state index in [1.165, 1.54) is 10.4 Å². The van der Waals surface area contributed by atoms with Crippen LogP contribution in [-0.2, 0) is 10.0 Å². The van der Waals surface area contributed by atoms with E-state index in [0.29, 0.717) is 13.1 Å². The molecule has 1 aliphatic heterocycles. The molecule has 0 aliphatic carbocycles. The van der Waals surface area contributed by atoms with E-state index in [-0.39, 0.29) is 21.4 Å². The minimum Gasteiger partial charge on any atom is -0.478 e. The van der Waals surface area contributed by atoms with Crippen molar-refractivity contribution in [2.24, 2.45) is 0 Å². The number of aromatic carboxylic acids is 1. The highest BCUT2D eigenvalue weighted by Gasteiger charge is 2.32. The van der Waals surface area contributed by atoms with Crippen LogP contribution in [0.2, 0.25) is 5.02 Å². The Balaban J connectivity index is 1.83. The van der Waals surface area contributed by atoms with Gasteiger partial charge in [0.2, 0.25) is 10.0 Å². The Bertz CT molecular complexity index is 880. The van der Waals surface area contributed by atoms with Gasteiger partial charge in [0.1, 0.15) is 4.90 Å². The lowest BCUT2D eigenvalue weighted by Crippen LogP contribution is -2.39. The van der Waals surface area contributed by atoms with Crippen molar-refractivity contribution >= 4 is 27.6 Å². The van der Waals surface area contributed by atoms with Crippen molar-refractivity contribution in [3.05, 3.63) is 64.7 Å². The molecule has 3 rings (SSSR count). The van der Waals surface area contributed by atoms with E-state index in [1.54, 1.807) is 42.5 Å². The number of carboxylic acids is 1. The molecule has 2 aromatic rings. The van der Waals surface area contributed by atoms with Crippen molar-refractivity contribution in [2.45, 2.75) is 23.7 Å². The number of halogens is 1. The molecule has 0 saturated carbocycles. The Morgan fingerprint density at radius 2 is 1.80 bits per heavy atom. The molecule has 1 aliphatic rings. The van der Waals surface area contributed by atoms with Crippen LogP contribution in [0.5, 0.6) is 0 Å². The number of hydrogen-bond acceptors (Lipinski definition) is 3. The Labute approximate surface area is 151 Å². The van der Waals surface area contributed by atoms with E-state index in [2.05, 4.69) is 0 Å². The monoisotopic (exact) mass is 379 g/mol. The van der Waals surface area contributed by atoms with Gasteiger partial charge in [-0.15, -0.1) is 0 Å². The Morgan fingerprint density at radius 1 is 1.12 bits per heavy atom. The van der Waals surface area contributed by atoms with Crippen LogP contribution in [0.15, 0.2) is 53.4 Å². The van der Waals surface area contributed by atoms with E-state index >= 15 is 0 Å². The molecule has 0 spiro atoms. The maximum Gasteiger partial charge on any atom is 0.335 e. The number of hydrogen-bond donors (Lipinski definition) is 1. The molecule has 0 amide bonds. The van der Waals surface area contributed by atoms with Crippen LogP contribution in [0, 0.1) is 0 Å².